The Balaban J connectivity index is 1.45. The van der Waals surface area contributed by atoms with Crippen molar-refractivity contribution in [1.82, 2.24) is 19.7 Å². The van der Waals surface area contributed by atoms with Gasteiger partial charge in [-0.05, 0) is 42.3 Å². The van der Waals surface area contributed by atoms with Crippen molar-refractivity contribution in [3.63, 3.8) is 0 Å². The van der Waals surface area contributed by atoms with E-state index in [4.69, 9.17) is 4.74 Å². The maximum absolute atomic E-state index is 13.0. The second kappa shape index (κ2) is 8.84. The summed E-state index contributed by atoms with van der Waals surface area (Å²) < 4.78 is 7.34. The molecule has 1 amide bonds. The summed E-state index contributed by atoms with van der Waals surface area (Å²) in [5, 5.41) is 9.46. The van der Waals surface area contributed by atoms with Crippen LogP contribution in [0.4, 0.5) is 5.69 Å². The minimum absolute atomic E-state index is 0.0584. The van der Waals surface area contributed by atoms with Crippen molar-refractivity contribution in [1.29, 1.82) is 0 Å². The molecule has 7 nitrogen and oxygen atoms in total. The fourth-order valence-corrected chi connectivity index (χ4v) is 4.66. The molecule has 1 aliphatic heterocycles. The standard InChI is InChI=1S/C24H21N5O2S/c1-31-20-9-4-8-19(14-20)29-23(18-7-5-12-25-15-18)26-27-24(29)32-16-22(30)28-13-11-17-6-2-3-10-21(17)28/h2-10,12,14-15H,11,13,16H2,1H3. The van der Waals surface area contributed by atoms with Crippen LogP contribution >= 0.6 is 11.8 Å². The zero-order valence-corrected chi connectivity index (χ0v) is 18.3. The summed E-state index contributed by atoms with van der Waals surface area (Å²) in [6, 6.07) is 19.6. The van der Waals surface area contributed by atoms with Gasteiger partial charge in [0.25, 0.3) is 0 Å². The highest BCUT2D eigenvalue weighted by Crippen LogP contribution is 2.31. The third-order valence-electron chi connectivity index (χ3n) is 5.38. The van der Waals surface area contributed by atoms with Crippen LogP contribution in [0.1, 0.15) is 5.56 Å². The fraction of sp³-hybridized carbons (Fsp3) is 0.167. The molecule has 160 valence electrons. The van der Waals surface area contributed by atoms with Crippen LogP contribution in [0.3, 0.4) is 0 Å². The number of rotatable bonds is 6. The minimum Gasteiger partial charge on any atom is -0.497 e. The summed E-state index contributed by atoms with van der Waals surface area (Å²) in [5.41, 5.74) is 3.91. The largest absolute Gasteiger partial charge is 0.497 e. The molecule has 0 spiro atoms. The number of carbonyl (C=O) groups excluding carboxylic acids is 1. The average Bonchev–Trinajstić information content (AvgIpc) is 3.48. The second-order valence-corrected chi connectivity index (χ2v) is 8.24. The molecule has 0 fully saturated rings. The lowest BCUT2D eigenvalue weighted by atomic mass is 10.2. The van der Waals surface area contributed by atoms with Gasteiger partial charge in [0.15, 0.2) is 11.0 Å². The van der Waals surface area contributed by atoms with Crippen LogP contribution in [0.25, 0.3) is 17.1 Å². The number of hydrogen-bond acceptors (Lipinski definition) is 6. The number of ether oxygens (including phenoxy) is 1. The van der Waals surface area contributed by atoms with Crippen LogP contribution in [-0.2, 0) is 11.2 Å². The van der Waals surface area contributed by atoms with Gasteiger partial charge in [0.05, 0.1) is 18.6 Å². The number of anilines is 1. The van der Waals surface area contributed by atoms with Gasteiger partial charge in [-0.2, -0.15) is 0 Å². The predicted molar refractivity (Wildman–Crippen MR) is 124 cm³/mol. The Morgan fingerprint density at radius 2 is 2.00 bits per heavy atom. The van der Waals surface area contributed by atoms with Gasteiger partial charge in [0.2, 0.25) is 5.91 Å². The van der Waals surface area contributed by atoms with E-state index in [1.807, 2.05) is 64.1 Å². The van der Waals surface area contributed by atoms with Crippen molar-refractivity contribution >= 4 is 23.4 Å². The lowest BCUT2D eigenvalue weighted by molar-refractivity contribution is -0.116. The van der Waals surface area contributed by atoms with Crippen LogP contribution < -0.4 is 9.64 Å². The monoisotopic (exact) mass is 443 g/mol. The summed E-state index contributed by atoms with van der Waals surface area (Å²) in [5.74, 6) is 1.72. The summed E-state index contributed by atoms with van der Waals surface area (Å²) in [6.45, 7) is 0.711. The van der Waals surface area contributed by atoms with Crippen LogP contribution in [0.2, 0.25) is 0 Å². The lowest BCUT2D eigenvalue weighted by Gasteiger charge is -2.17. The Labute approximate surface area is 190 Å². The van der Waals surface area contributed by atoms with E-state index in [2.05, 4.69) is 21.2 Å². The molecule has 0 atom stereocenters. The van der Waals surface area contributed by atoms with E-state index in [1.165, 1.54) is 17.3 Å². The van der Waals surface area contributed by atoms with Crippen molar-refractivity contribution in [2.75, 3.05) is 24.3 Å². The summed E-state index contributed by atoms with van der Waals surface area (Å²) in [7, 11) is 1.63. The van der Waals surface area contributed by atoms with E-state index in [-0.39, 0.29) is 11.7 Å². The molecule has 8 heteroatoms. The number of amides is 1. The van der Waals surface area contributed by atoms with Gasteiger partial charge < -0.3 is 9.64 Å². The van der Waals surface area contributed by atoms with E-state index in [1.54, 1.807) is 19.5 Å². The molecule has 1 aliphatic rings. The minimum atomic E-state index is 0.0584. The first-order chi connectivity index (χ1) is 15.7. The molecule has 4 aromatic rings. The molecule has 0 aliphatic carbocycles. The lowest BCUT2D eigenvalue weighted by Crippen LogP contribution is -2.30. The quantitative estimate of drug-likeness (QED) is 0.419. The Bertz CT molecular complexity index is 1260. The number of thioether (sulfide) groups is 1. The summed E-state index contributed by atoms with van der Waals surface area (Å²) in [4.78, 5) is 19.1. The number of methoxy groups -OCH3 is 1. The highest BCUT2D eigenvalue weighted by atomic mass is 32.2. The topological polar surface area (TPSA) is 73.1 Å². The molecule has 3 heterocycles. The zero-order valence-electron chi connectivity index (χ0n) is 17.5. The van der Waals surface area contributed by atoms with Gasteiger partial charge in [-0.3, -0.25) is 14.3 Å². The number of carbonyl (C=O) groups is 1. The highest BCUT2D eigenvalue weighted by molar-refractivity contribution is 7.99. The van der Waals surface area contributed by atoms with Crippen LogP contribution in [0.15, 0.2) is 78.2 Å². The molecule has 2 aromatic heterocycles. The van der Waals surface area contributed by atoms with E-state index in [9.17, 15) is 4.79 Å². The van der Waals surface area contributed by atoms with Gasteiger partial charge in [0, 0.05) is 36.3 Å². The van der Waals surface area contributed by atoms with E-state index >= 15 is 0 Å². The number of pyridine rings is 1. The second-order valence-electron chi connectivity index (χ2n) is 7.30. The molecule has 32 heavy (non-hydrogen) atoms. The van der Waals surface area contributed by atoms with Gasteiger partial charge in [-0.1, -0.05) is 36.0 Å². The third kappa shape index (κ3) is 3.85. The predicted octanol–water partition coefficient (Wildman–Crippen LogP) is 4.02. The number of fused-ring (bicyclic) bond motifs is 1. The number of nitrogens with zero attached hydrogens (tertiary/aromatic N) is 5. The van der Waals surface area contributed by atoms with E-state index in [0.29, 0.717) is 17.5 Å². The Kier molecular flexibility index (Phi) is 5.60. The Hall–Kier alpha value is -3.65. The zero-order chi connectivity index (χ0) is 21.9. The molecule has 0 saturated carbocycles. The molecule has 0 radical (unpaired) electrons. The first-order valence-electron chi connectivity index (χ1n) is 10.3. The van der Waals surface area contributed by atoms with Crippen LogP contribution in [0.5, 0.6) is 5.75 Å². The van der Waals surface area contributed by atoms with Gasteiger partial charge in [-0.15, -0.1) is 10.2 Å². The third-order valence-corrected chi connectivity index (χ3v) is 6.29. The number of benzene rings is 2. The van der Waals surface area contributed by atoms with Crippen molar-refractivity contribution in [3.8, 4) is 22.8 Å². The molecule has 0 bridgehead atoms. The maximum Gasteiger partial charge on any atom is 0.237 e. The van der Waals surface area contributed by atoms with E-state index in [0.717, 1.165) is 29.1 Å². The molecule has 0 unspecified atom stereocenters. The van der Waals surface area contributed by atoms with Gasteiger partial charge >= 0.3 is 0 Å². The van der Waals surface area contributed by atoms with Crippen molar-refractivity contribution in [2.45, 2.75) is 11.6 Å². The molecule has 0 N–H and O–H groups in total. The Morgan fingerprint density at radius 3 is 2.84 bits per heavy atom. The van der Waals surface area contributed by atoms with Gasteiger partial charge in [0.1, 0.15) is 5.75 Å². The summed E-state index contributed by atoms with van der Waals surface area (Å²) in [6.07, 6.45) is 4.36. The van der Waals surface area contributed by atoms with Gasteiger partial charge in [-0.25, -0.2) is 0 Å². The van der Waals surface area contributed by atoms with Crippen LogP contribution in [0, 0.1) is 0 Å². The number of aromatic nitrogens is 4. The average molecular weight is 444 g/mol. The highest BCUT2D eigenvalue weighted by Gasteiger charge is 2.25. The molecular weight excluding hydrogens is 422 g/mol. The van der Waals surface area contributed by atoms with Crippen LogP contribution in [-0.4, -0.2) is 45.1 Å². The Morgan fingerprint density at radius 1 is 1.09 bits per heavy atom. The van der Waals surface area contributed by atoms with Crippen molar-refractivity contribution in [2.24, 2.45) is 0 Å². The fourth-order valence-electron chi connectivity index (χ4n) is 3.83. The van der Waals surface area contributed by atoms with Crippen molar-refractivity contribution < 1.29 is 9.53 Å². The summed E-state index contributed by atoms with van der Waals surface area (Å²) >= 11 is 1.38. The number of para-hydroxylation sites is 1. The first-order valence-corrected chi connectivity index (χ1v) is 11.2. The molecular formula is C24H21N5O2S. The smallest absolute Gasteiger partial charge is 0.237 e. The number of hydrogen-bond donors (Lipinski definition) is 0. The molecule has 5 rings (SSSR count). The van der Waals surface area contributed by atoms with E-state index < -0.39 is 0 Å². The maximum atomic E-state index is 13.0. The van der Waals surface area contributed by atoms with Crippen molar-refractivity contribution in [3.05, 3.63) is 78.6 Å². The SMILES string of the molecule is COc1cccc(-n2c(SCC(=O)N3CCc4ccccc43)nnc2-c2cccnc2)c1. The normalized spacial score (nSPS) is 12.6. The molecule has 0 saturated heterocycles. The molecule has 2 aromatic carbocycles. The first kappa shape index (κ1) is 20.3.